The zero-order chi connectivity index (χ0) is 26.8. The van der Waals surface area contributed by atoms with E-state index >= 15 is 0 Å². The molecule has 4 aromatic rings. The van der Waals surface area contributed by atoms with Gasteiger partial charge in [0.05, 0.1) is 11.1 Å². The number of phenolic OH excluding ortho intramolecular Hbond substituents is 1. The van der Waals surface area contributed by atoms with Crippen molar-refractivity contribution in [1.29, 1.82) is 0 Å². The molecule has 5 heterocycles. The van der Waals surface area contributed by atoms with Crippen LogP contribution in [0.15, 0.2) is 54.6 Å². The van der Waals surface area contributed by atoms with Gasteiger partial charge in [0.25, 0.3) is 0 Å². The van der Waals surface area contributed by atoms with E-state index in [1.165, 1.54) is 0 Å². The fourth-order valence-electron chi connectivity index (χ4n) is 7.83. The third kappa shape index (κ3) is 3.91. The van der Waals surface area contributed by atoms with Crippen LogP contribution in [0.5, 0.6) is 11.8 Å². The molecular weight excluding hydrogens is 505 g/mol. The Morgan fingerprint density at radius 3 is 2.75 bits per heavy atom. The predicted molar refractivity (Wildman–Crippen MR) is 155 cm³/mol. The molecule has 40 heavy (non-hydrogen) atoms. The molecule has 1 aromatic heterocycles. The Morgan fingerprint density at radius 2 is 1.88 bits per heavy atom. The van der Waals surface area contributed by atoms with Crippen LogP contribution < -0.4 is 15.0 Å². The molecule has 0 unspecified atom stereocenters. The van der Waals surface area contributed by atoms with Crippen LogP contribution >= 0.6 is 0 Å². The summed E-state index contributed by atoms with van der Waals surface area (Å²) in [6, 6.07) is 19.2. The van der Waals surface area contributed by atoms with Crippen molar-refractivity contribution in [2.24, 2.45) is 0 Å². The molecule has 4 aliphatic heterocycles. The average Bonchev–Trinajstić information content (AvgIpc) is 3.57. The second-order valence-electron chi connectivity index (χ2n) is 12.1. The summed E-state index contributed by atoms with van der Waals surface area (Å²) in [6.07, 6.45) is 4.03. The summed E-state index contributed by atoms with van der Waals surface area (Å²) in [5, 5.41) is 17.1. The molecular formula is C32H34FN5O2. The summed E-state index contributed by atoms with van der Waals surface area (Å²) in [5.74, 6) is 1.17. The van der Waals surface area contributed by atoms with Crippen LogP contribution in [0.1, 0.15) is 32.1 Å². The van der Waals surface area contributed by atoms with Gasteiger partial charge in [0.15, 0.2) is 0 Å². The number of benzene rings is 3. The molecule has 0 spiro atoms. The standard InChI is InChI=1S/C32H34FN5O2/c33-22-15-32(10-3-11-37(32)18-22)19-40-31-35-29-13-21(28-14-25(39)12-20-4-1-2-5-26(20)28)6-9-27(29)30(36-31)38-23-7-8-24(38)17-34-16-23/h1-2,4-6,9,12-14,22-24,34,39H,3,7-8,10-11,15-19H2/t22-,23-,24+,32+/m1/s1. The molecule has 2 bridgehead atoms. The first kappa shape index (κ1) is 24.3. The number of anilines is 1. The van der Waals surface area contributed by atoms with E-state index in [0.717, 1.165) is 83.9 Å². The van der Waals surface area contributed by atoms with Gasteiger partial charge >= 0.3 is 6.01 Å². The highest BCUT2D eigenvalue weighted by Crippen LogP contribution is 2.42. The van der Waals surface area contributed by atoms with Crippen molar-refractivity contribution in [2.75, 3.05) is 37.7 Å². The number of halogens is 1. The van der Waals surface area contributed by atoms with Gasteiger partial charge in [0.1, 0.15) is 24.3 Å². The Bertz CT molecular complexity index is 1600. The van der Waals surface area contributed by atoms with E-state index in [9.17, 15) is 9.50 Å². The number of alkyl halides is 1. The van der Waals surface area contributed by atoms with Gasteiger partial charge < -0.3 is 20.1 Å². The summed E-state index contributed by atoms with van der Waals surface area (Å²) in [5.41, 5.74) is 2.50. The summed E-state index contributed by atoms with van der Waals surface area (Å²) in [7, 11) is 0. The topological polar surface area (TPSA) is 73.8 Å². The van der Waals surface area contributed by atoms with Gasteiger partial charge in [0.2, 0.25) is 0 Å². The number of hydrogen-bond donors (Lipinski definition) is 2. The second kappa shape index (κ2) is 9.28. The van der Waals surface area contributed by atoms with E-state index in [2.05, 4.69) is 39.4 Å². The minimum Gasteiger partial charge on any atom is -0.508 e. The van der Waals surface area contributed by atoms with Gasteiger partial charge in [-0.3, -0.25) is 4.90 Å². The Balaban J connectivity index is 1.23. The van der Waals surface area contributed by atoms with Gasteiger partial charge in [-0.1, -0.05) is 30.3 Å². The minimum absolute atomic E-state index is 0.238. The second-order valence-corrected chi connectivity index (χ2v) is 12.1. The third-order valence-corrected chi connectivity index (χ3v) is 9.67. The van der Waals surface area contributed by atoms with Crippen molar-refractivity contribution in [3.05, 3.63) is 54.6 Å². The quantitative estimate of drug-likeness (QED) is 0.368. The number of nitrogens with one attached hydrogen (secondary N) is 1. The predicted octanol–water partition coefficient (Wildman–Crippen LogP) is 5.05. The van der Waals surface area contributed by atoms with E-state index < -0.39 is 6.17 Å². The molecule has 7 nitrogen and oxygen atoms in total. The van der Waals surface area contributed by atoms with Gasteiger partial charge in [-0.05, 0) is 78.4 Å². The highest BCUT2D eigenvalue weighted by molar-refractivity contribution is 6.01. The van der Waals surface area contributed by atoms with Crippen molar-refractivity contribution >= 4 is 27.5 Å². The van der Waals surface area contributed by atoms with Crippen molar-refractivity contribution in [2.45, 2.75) is 55.9 Å². The largest absolute Gasteiger partial charge is 0.508 e. The zero-order valence-electron chi connectivity index (χ0n) is 22.5. The van der Waals surface area contributed by atoms with Crippen molar-refractivity contribution in [3.8, 4) is 22.9 Å². The van der Waals surface area contributed by atoms with Crippen LogP contribution in [0.25, 0.3) is 32.8 Å². The summed E-state index contributed by atoms with van der Waals surface area (Å²) >= 11 is 0. The fraction of sp³-hybridized carbons (Fsp3) is 0.438. The monoisotopic (exact) mass is 539 g/mol. The van der Waals surface area contributed by atoms with E-state index in [0.29, 0.717) is 37.7 Å². The molecule has 4 atom stereocenters. The summed E-state index contributed by atoms with van der Waals surface area (Å²) in [4.78, 5) is 14.7. The van der Waals surface area contributed by atoms with E-state index in [1.807, 2.05) is 24.3 Å². The van der Waals surface area contributed by atoms with Gasteiger partial charge in [-0.25, -0.2) is 4.39 Å². The molecule has 206 valence electrons. The highest BCUT2D eigenvalue weighted by Gasteiger charge is 2.49. The summed E-state index contributed by atoms with van der Waals surface area (Å²) < 4.78 is 20.8. The van der Waals surface area contributed by atoms with Crippen LogP contribution in [0.4, 0.5) is 10.2 Å². The average molecular weight is 540 g/mol. The SMILES string of the molecule is Oc1cc(-c2ccc3c(N4[C@@H]5CC[C@H]4CNC5)nc(OC[C@@]45CCCN4C[C@H](F)C5)nc3c2)c2ccccc2c1. The van der Waals surface area contributed by atoms with Gasteiger partial charge in [0, 0.05) is 43.5 Å². The number of ether oxygens (including phenoxy) is 1. The molecule has 8 heteroatoms. The molecule has 0 amide bonds. The maximum Gasteiger partial charge on any atom is 0.319 e. The fourth-order valence-corrected chi connectivity index (χ4v) is 7.83. The number of hydrogen-bond acceptors (Lipinski definition) is 7. The zero-order valence-corrected chi connectivity index (χ0v) is 22.5. The first-order chi connectivity index (χ1) is 19.6. The molecule has 0 radical (unpaired) electrons. The smallest absolute Gasteiger partial charge is 0.319 e. The van der Waals surface area contributed by atoms with Crippen LogP contribution in [0, 0.1) is 0 Å². The van der Waals surface area contributed by atoms with E-state index in [4.69, 9.17) is 14.7 Å². The molecule has 4 aliphatic rings. The Labute approximate surface area is 233 Å². The van der Waals surface area contributed by atoms with Crippen molar-refractivity contribution < 1.29 is 14.2 Å². The van der Waals surface area contributed by atoms with Crippen LogP contribution in [-0.4, -0.2) is 76.6 Å². The van der Waals surface area contributed by atoms with Crippen LogP contribution in [0.3, 0.4) is 0 Å². The number of piperazine rings is 1. The van der Waals surface area contributed by atoms with Gasteiger partial charge in [-0.15, -0.1) is 0 Å². The lowest BCUT2D eigenvalue weighted by molar-refractivity contribution is 0.107. The first-order valence-electron chi connectivity index (χ1n) is 14.6. The molecule has 0 saturated carbocycles. The normalized spacial score (nSPS) is 28.0. The van der Waals surface area contributed by atoms with Crippen molar-refractivity contribution in [3.63, 3.8) is 0 Å². The first-order valence-corrected chi connectivity index (χ1v) is 14.6. The molecule has 3 aromatic carbocycles. The Morgan fingerprint density at radius 1 is 1.02 bits per heavy atom. The number of fused-ring (bicyclic) bond motifs is 5. The van der Waals surface area contributed by atoms with Crippen LogP contribution in [-0.2, 0) is 0 Å². The molecule has 0 aliphatic carbocycles. The molecule has 4 saturated heterocycles. The molecule has 4 fully saturated rings. The van der Waals surface area contributed by atoms with E-state index in [-0.39, 0.29) is 11.3 Å². The number of phenols is 1. The highest BCUT2D eigenvalue weighted by atomic mass is 19.1. The number of rotatable bonds is 5. The van der Waals surface area contributed by atoms with E-state index in [1.54, 1.807) is 6.07 Å². The number of nitrogens with zero attached hydrogens (tertiary/aromatic N) is 4. The maximum atomic E-state index is 14.4. The van der Waals surface area contributed by atoms with Crippen LogP contribution in [0.2, 0.25) is 0 Å². The third-order valence-electron chi connectivity index (χ3n) is 9.67. The lowest BCUT2D eigenvalue weighted by Crippen LogP contribution is -2.52. The minimum atomic E-state index is -0.798. The van der Waals surface area contributed by atoms with Gasteiger partial charge in [-0.2, -0.15) is 9.97 Å². The number of aromatic nitrogens is 2. The number of aromatic hydroxyl groups is 1. The Hall–Kier alpha value is -3.49. The van der Waals surface area contributed by atoms with Crippen molar-refractivity contribution in [1.82, 2.24) is 20.2 Å². The molecule has 2 N–H and O–H groups in total. The lowest BCUT2D eigenvalue weighted by atomic mass is 9.95. The summed E-state index contributed by atoms with van der Waals surface area (Å²) in [6.45, 7) is 3.73. The lowest BCUT2D eigenvalue weighted by Gasteiger charge is -2.37. The Kier molecular flexibility index (Phi) is 5.64. The molecule has 8 rings (SSSR count). The maximum absolute atomic E-state index is 14.4.